The number of esters is 1. The van der Waals surface area contributed by atoms with Gasteiger partial charge in [-0.2, -0.15) is 0 Å². The molecule has 0 heterocycles. The molecule has 0 saturated carbocycles. The molecule has 0 amide bonds. The van der Waals surface area contributed by atoms with Crippen molar-refractivity contribution < 1.29 is 19.7 Å². The lowest BCUT2D eigenvalue weighted by atomic mass is 9.89. The summed E-state index contributed by atoms with van der Waals surface area (Å²) in [6.45, 7) is 2.26. The van der Waals surface area contributed by atoms with Crippen LogP contribution in [0.3, 0.4) is 0 Å². The fourth-order valence-electron chi connectivity index (χ4n) is 2.29. The largest absolute Gasteiger partial charge is 0.427 e. The van der Waals surface area contributed by atoms with Crippen molar-refractivity contribution in [3.05, 3.63) is 30.3 Å². The Labute approximate surface area is 120 Å². The molecule has 4 nitrogen and oxygen atoms in total. The molecule has 1 aromatic rings. The Hall–Kier alpha value is -1.39. The number of carbonyl (C=O) groups excluding carboxylic acids is 1. The molecule has 0 bridgehead atoms. The topological polar surface area (TPSA) is 66.8 Å². The third kappa shape index (κ3) is 6.68. The molecule has 0 fully saturated rings. The molecule has 0 radical (unpaired) electrons. The van der Waals surface area contributed by atoms with E-state index < -0.39 is 0 Å². The Balaban J connectivity index is 2.45. The molecule has 0 aliphatic carbocycles. The van der Waals surface area contributed by atoms with Gasteiger partial charge in [-0.15, -0.1) is 0 Å². The van der Waals surface area contributed by atoms with Gasteiger partial charge in [-0.1, -0.05) is 25.1 Å². The zero-order chi connectivity index (χ0) is 14.8. The van der Waals surface area contributed by atoms with Crippen LogP contribution in [0.2, 0.25) is 0 Å². The van der Waals surface area contributed by atoms with Crippen LogP contribution >= 0.6 is 0 Å². The van der Waals surface area contributed by atoms with Gasteiger partial charge >= 0.3 is 5.97 Å². The maximum Gasteiger partial charge on any atom is 0.311 e. The van der Waals surface area contributed by atoms with Gasteiger partial charge in [-0.25, -0.2) is 0 Å². The SMILES string of the molecule is CC(CCO)CC(CCO)CC(=O)Oc1ccccc1. The first-order chi connectivity index (χ1) is 9.65. The third-order valence-corrected chi connectivity index (χ3v) is 3.33. The van der Waals surface area contributed by atoms with Crippen molar-refractivity contribution in [1.82, 2.24) is 0 Å². The Bertz CT molecular complexity index is 377. The minimum Gasteiger partial charge on any atom is -0.427 e. The summed E-state index contributed by atoms with van der Waals surface area (Å²) in [4.78, 5) is 11.9. The van der Waals surface area contributed by atoms with Gasteiger partial charge in [-0.3, -0.25) is 4.79 Å². The van der Waals surface area contributed by atoms with Crippen LogP contribution in [0.25, 0.3) is 0 Å². The van der Waals surface area contributed by atoms with E-state index in [0.717, 1.165) is 12.8 Å². The summed E-state index contributed by atoms with van der Waals surface area (Å²) in [5.74, 6) is 0.702. The molecule has 2 unspecified atom stereocenters. The van der Waals surface area contributed by atoms with E-state index in [9.17, 15) is 4.79 Å². The molecule has 2 atom stereocenters. The lowest BCUT2D eigenvalue weighted by molar-refractivity contribution is -0.135. The molecule has 0 aromatic heterocycles. The molecular weight excluding hydrogens is 256 g/mol. The van der Waals surface area contributed by atoms with Crippen LogP contribution in [0.4, 0.5) is 0 Å². The van der Waals surface area contributed by atoms with Gasteiger partial charge in [0.15, 0.2) is 0 Å². The van der Waals surface area contributed by atoms with Gasteiger partial charge in [-0.05, 0) is 43.2 Å². The number of hydrogen-bond donors (Lipinski definition) is 2. The van der Waals surface area contributed by atoms with Crippen LogP contribution < -0.4 is 4.74 Å². The first kappa shape index (κ1) is 16.7. The first-order valence-electron chi connectivity index (χ1n) is 7.13. The second kappa shape index (κ2) is 9.50. The lowest BCUT2D eigenvalue weighted by Gasteiger charge is -2.19. The summed E-state index contributed by atoms with van der Waals surface area (Å²) in [5.41, 5.74) is 0. The van der Waals surface area contributed by atoms with Crippen molar-refractivity contribution in [3.63, 3.8) is 0 Å². The molecule has 0 spiro atoms. The van der Waals surface area contributed by atoms with Crippen molar-refractivity contribution >= 4 is 5.97 Å². The molecule has 0 saturated heterocycles. The number of para-hydroxylation sites is 1. The zero-order valence-corrected chi connectivity index (χ0v) is 12.0. The van der Waals surface area contributed by atoms with E-state index in [1.165, 1.54) is 0 Å². The second-order valence-electron chi connectivity index (χ2n) is 5.22. The van der Waals surface area contributed by atoms with Gasteiger partial charge in [0.2, 0.25) is 0 Å². The molecule has 1 aromatic carbocycles. The molecule has 2 N–H and O–H groups in total. The number of rotatable bonds is 9. The maximum absolute atomic E-state index is 11.9. The quantitative estimate of drug-likeness (QED) is 0.538. The van der Waals surface area contributed by atoms with E-state index in [2.05, 4.69) is 0 Å². The predicted octanol–water partition coefficient (Wildman–Crippen LogP) is 2.39. The van der Waals surface area contributed by atoms with Crippen LogP contribution in [-0.2, 0) is 4.79 Å². The van der Waals surface area contributed by atoms with Crippen LogP contribution in [-0.4, -0.2) is 29.4 Å². The van der Waals surface area contributed by atoms with Crippen molar-refractivity contribution in [1.29, 1.82) is 0 Å². The number of ether oxygens (including phenoxy) is 1. The number of aliphatic hydroxyl groups is 2. The molecule has 0 aliphatic rings. The Morgan fingerprint density at radius 1 is 1.15 bits per heavy atom. The Kier molecular flexibility index (Phi) is 7.92. The van der Waals surface area contributed by atoms with E-state index in [0.29, 0.717) is 24.5 Å². The van der Waals surface area contributed by atoms with Gasteiger partial charge in [0.25, 0.3) is 0 Å². The van der Waals surface area contributed by atoms with Crippen molar-refractivity contribution in [2.75, 3.05) is 13.2 Å². The zero-order valence-electron chi connectivity index (χ0n) is 12.0. The van der Waals surface area contributed by atoms with Crippen LogP contribution in [0.15, 0.2) is 30.3 Å². The number of aliphatic hydroxyl groups excluding tert-OH is 2. The number of carbonyl (C=O) groups is 1. The Morgan fingerprint density at radius 3 is 2.40 bits per heavy atom. The Morgan fingerprint density at radius 2 is 1.80 bits per heavy atom. The molecule has 4 heteroatoms. The molecule has 112 valence electrons. The fourth-order valence-corrected chi connectivity index (χ4v) is 2.29. The van der Waals surface area contributed by atoms with E-state index in [-0.39, 0.29) is 25.1 Å². The van der Waals surface area contributed by atoms with E-state index in [1.807, 2.05) is 25.1 Å². The smallest absolute Gasteiger partial charge is 0.311 e. The van der Waals surface area contributed by atoms with Crippen LogP contribution in [0, 0.1) is 11.8 Å². The highest BCUT2D eigenvalue weighted by molar-refractivity contribution is 5.72. The van der Waals surface area contributed by atoms with E-state index in [4.69, 9.17) is 14.9 Å². The van der Waals surface area contributed by atoms with E-state index >= 15 is 0 Å². The van der Waals surface area contributed by atoms with Crippen LogP contribution in [0.5, 0.6) is 5.75 Å². The van der Waals surface area contributed by atoms with Gasteiger partial charge in [0.1, 0.15) is 5.75 Å². The molecule has 0 aliphatic heterocycles. The second-order valence-corrected chi connectivity index (χ2v) is 5.22. The summed E-state index contributed by atoms with van der Waals surface area (Å²) in [6, 6.07) is 8.98. The average molecular weight is 280 g/mol. The molecular formula is C16H24O4. The average Bonchev–Trinajstić information content (AvgIpc) is 2.40. The predicted molar refractivity (Wildman–Crippen MR) is 77.4 cm³/mol. The standard InChI is InChI=1S/C16H24O4/c1-13(7-9-17)11-14(8-10-18)12-16(19)20-15-5-3-2-4-6-15/h2-6,13-14,17-18H,7-12H2,1H3. The van der Waals surface area contributed by atoms with Crippen molar-refractivity contribution in [2.24, 2.45) is 11.8 Å². The highest BCUT2D eigenvalue weighted by Crippen LogP contribution is 2.22. The summed E-state index contributed by atoms with van der Waals surface area (Å²) >= 11 is 0. The minimum absolute atomic E-state index is 0.0646. The fraction of sp³-hybridized carbons (Fsp3) is 0.562. The normalized spacial score (nSPS) is 13.8. The summed E-state index contributed by atoms with van der Waals surface area (Å²) in [7, 11) is 0. The molecule has 1 rings (SSSR count). The highest BCUT2D eigenvalue weighted by atomic mass is 16.5. The number of hydrogen-bond acceptors (Lipinski definition) is 4. The van der Waals surface area contributed by atoms with Gasteiger partial charge in [0.05, 0.1) is 0 Å². The summed E-state index contributed by atoms with van der Waals surface area (Å²) in [6.07, 6.45) is 2.41. The highest BCUT2D eigenvalue weighted by Gasteiger charge is 2.18. The summed E-state index contributed by atoms with van der Waals surface area (Å²) < 4.78 is 5.26. The van der Waals surface area contributed by atoms with Gasteiger partial charge < -0.3 is 14.9 Å². The van der Waals surface area contributed by atoms with E-state index in [1.54, 1.807) is 12.1 Å². The summed E-state index contributed by atoms with van der Waals surface area (Å²) in [5, 5.41) is 18.0. The van der Waals surface area contributed by atoms with Crippen molar-refractivity contribution in [2.45, 2.75) is 32.6 Å². The lowest BCUT2D eigenvalue weighted by Crippen LogP contribution is -2.17. The monoisotopic (exact) mass is 280 g/mol. The minimum atomic E-state index is -0.272. The first-order valence-corrected chi connectivity index (χ1v) is 7.13. The van der Waals surface area contributed by atoms with Crippen LogP contribution in [0.1, 0.15) is 32.6 Å². The van der Waals surface area contributed by atoms with Gasteiger partial charge in [0, 0.05) is 19.6 Å². The van der Waals surface area contributed by atoms with Crippen molar-refractivity contribution in [3.8, 4) is 5.75 Å². The number of benzene rings is 1. The molecule has 20 heavy (non-hydrogen) atoms. The third-order valence-electron chi connectivity index (χ3n) is 3.33. The maximum atomic E-state index is 11.9.